The fraction of sp³-hybridized carbons (Fsp3) is 0.350. The smallest absolute Gasteiger partial charge is 0.240 e. The minimum atomic E-state index is -3.61. The number of nitrogens with zero attached hydrogens (tertiary/aromatic N) is 1. The highest BCUT2D eigenvalue weighted by Gasteiger charge is 2.18. The van der Waals surface area contributed by atoms with E-state index in [0.717, 1.165) is 28.8 Å². The Morgan fingerprint density at radius 2 is 1.77 bits per heavy atom. The van der Waals surface area contributed by atoms with E-state index in [1.54, 1.807) is 23.1 Å². The number of hydrogen-bond acceptors (Lipinski definition) is 3. The van der Waals surface area contributed by atoms with Crippen molar-refractivity contribution in [2.24, 2.45) is 0 Å². The number of anilines is 1. The van der Waals surface area contributed by atoms with Crippen molar-refractivity contribution in [2.75, 3.05) is 18.0 Å². The van der Waals surface area contributed by atoms with E-state index in [0.29, 0.717) is 0 Å². The molecule has 0 heterocycles. The average Bonchev–Trinajstić information content (AvgIpc) is 2.60. The highest BCUT2D eigenvalue weighted by molar-refractivity contribution is 7.89. The molecule has 26 heavy (non-hydrogen) atoms. The Morgan fingerprint density at radius 3 is 2.38 bits per heavy atom. The van der Waals surface area contributed by atoms with Crippen LogP contribution in [0.15, 0.2) is 47.4 Å². The minimum absolute atomic E-state index is 0.115. The summed E-state index contributed by atoms with van der Waals surface area (Å²) in [5, 5.41) is 0. The Labute approximate surface area is 156 Å². The fourth-order valence-electron chi connectivity index (χ4n) is 2.78. The van der Waals surface area contributed by atoms with Crippen molar-refractivity contribution in [3.05, 3.63) is 59.2 Å². The summed E-state index contributed by atoms with van der Waals surface area (Å²) >= 11 is 0. The third kappa shape index (κ3) is 4.71. The minimum Gasteiger partial charge on any atom is -0.311 e. The monoisotopic (exact) mass is 374 g/mol. The first-order valence-corrected chi connectivity index (χ1v) is 10.2. The third-order valence-corrected chi connectivity index (χ3v) is 5.92. The van der Waals surface area contributed by atoms with Crippen molar-refractivity contribution in [3.63, 3.8) is 0 Å². The summed E-state index contributed by atoms with van der Waals surface area (Å²) in [6.45, 7) is 7.76. The molecule has 0 saturated heterocycles. The van der Waals surface area contributed by atoms with E-state index in [4.69, 9.17) is 0 Å². The van der Waals surface area contributed by atoms with Crippen LogP contribution >= 0.6 is 0 Å². The van der Waals surface area contributed by atoms with E-state index < -0.39 is 10.0 Å². The molecule has 2 rings (SSSR count). The lowest BCUT2D eigenvalue weighted by Gasteiger charge is -2.24. The predicted octanol–water partition coefficient (Wildman–Crippen LogP) is 3.20. The molecule has 0 atom stereocenters. The van der Waals surface area contributed by atoms with Gasteiger partial charge in [-0.05, 0) is 55.2 Å². The number of nitrogens with one attached hydrogen (secondary N) is 1. The van der Waals surface area contributed by atoms with Crippen molar-refractivity contribution >= 4 is 21.6 Å². The topological polar surface area (TPSA) is 66.5 Å². The van der Waals surface area contributed by atoms with Crippen LogP contribution in [0.3, 0.4) is 0 Å². The number of benzene rings is 2. The zero-order valence-corrected chi connectivity index (χ0v) is 16.6. The molecule has 0 saturated carbocycles. The van der Waals surface area contributed by atoms with Gasteiger partial charge in [0.25, 0.3) is 0 Å². The second-order valence-corrected chi connectivity index (χ2v) is 8.06. The Hall–Kier alpha value is -2.18. The summed E-state index contributed by atoms with van der Waals surface area (Å²) in [5.41, 5.74) is 3.85. The van der Waals surface area contributed by atoms with Gasteiger partial charge in [-0.25, -0.2) is 13.1 Å². The standard InChI is InChI=1S/C20H26N2O3S/c1-5-18-8-6-7-9-20(18)22(17(4)23)13-12-21-26(24,25)19-11-10-15(2)16(3)14-19/h6-11,14,21H,5,12-13H2,1-4H3. The highest BCUT2D eigenvalue weighted by Crippen LogP contribution is 2.21. The van der Waals surface area contributed by atoms with Crippen LogP contribution in [0.2, 0.25) is 0 Å². The molecule has 2 aromatic rings. The summed E-state index contributed by atoms with van der Waals surface area (Å²) in [4.78, 5) is 13.9. The fourth-order valence-corrected chi connectivity index (χ4v) is 3.88. The molecule has 0 aromatic heterocycles. The van der Waals surface area contributed by atoms with Gasteiger partial charge in [0, 0.05) is 25.7 Å². The van der Waals surface area contributed by atoms with E-state index in [1.165, 1.54) is 6.92 Å². The molecule has 1 N–H and O–H groups in total. The van der Waals surface area contributed by atoms with Crippen LogP contribution in [0.5, 0.6) is 0 Å². The number of aryl methyl sites for hydroxylation is 3. The number of rotatable bonds is 7. The van der Waals surface area contributed by atoms with Gasteiger partial charge in [0.2, 0.25) is 15.9 Å². The molecule has 140 valence electrons. The van der Waals surface area contributed by atoms with Gasteiger partial charge in [0.15, 0.2) is 0 Å². The second-order valence-electron chi connectivity index (χ2n) is 6.30. The molecule has 0 aliphatic heterocycles. The number of hydrogen-bond donors (Lipinski definition) is 1. The van der Waals surface area contributed by atoms with Crippen molar-refractivity contribution in [3.8, 4) is 0 Å². The molecule has 0 spiro atoms. The molecule has 0 aliphatic rings. The number of sulfonamides is 1. The highest BCUT2D eigenvalue weighted by atomic mass is 32.2. The van der Waals surface area contributed by atoms with Gasteiger partial charge in [-0.2, -0.15) is 0 Å². The zero-order valence-electron chi connectivity index (χ0n) is 15.7. The number of carbonyl (C=O) groups is 1. The molecule has 0 unspecified atom stereocenters. The van der Waals surface area contributed by atoms with E-state index in [9.17, 15) is 13.2 Å². The lowest BCUT2D eigenvalue weighted by atomic mass is 10.1. The van der Waals surface area contributed by atoms with Gasteiger partial charge in [0.1, 0.15) is 0 Å². The summed E-state index contributed by atoms with van der Waals surface area (Å²) < 4.78 is 27.6. The Balaban J connectivity index is 2.12. The maximum absolute atomic E-state index is 12.5. The molecule has 5 nitrogen and oxygen atoms in total. The lowest BCUT2D eigenvalue weighted by Crippen LogP contribution is -2.38. The molecular weight excluding hydrogens is 348 g/mol. The maximum atomic E-state index is 12.5. The SMILES string of the molecule is CCc1ccccc1N(CCNS(=O)(=O)c1ccc(C)c(C)c1)C(C)=O. The lowest BCUT2D eigenvalue weighted by molar-refractivity contribution is -0.116. The molecule has 0 fully saturated rings. The molecule has 0 aliphatic carbocycles. The second kappa shape index (κ2) is 8.47. The zero-order chi connectivity index (χ0) is 19.3. The van der Waals surface area contributed by atoms with E-state index in [2.05, 4.69) is 4.72 Å². The number of carbonyl (C=O) groups excluding carboxylic acids is 1. The Bertz CT molecular complexity index is 892. The van der Waals surface area contributed by atoms with Crippen molar-refractivity contribution in [2.45, 2.75) is 39.0 Å². The van der Waals surface area contributed by atoms with Crippen molar-refractivity contribution in [1.29, 1.82) is 0 Å². The van der Waals surface area contributed by atoms with Crippen LogP contribution in [0, 0.1) is 13.8 Å². The van der Waals surface area contributed by atoms with Gasteiger partial charge >= 0.3 is 0 Å². The summed E-state index contributed by atoms with van der Waals surface area (Å²) in [6.07, 6.45) is 0.800. The molecular formula is C20H26N2O3S. The predicted molar refractivity (Wildman–Crippen MR) is 105 cm³/mol. The molecule has 0 radical (unpaired) electrons. The van der Waals surface area contributed by atoms with Crippen LogP contribution in [0.1, 0.15) is 30.5 Å². The Morgan fingerprint density at radius 1 is 1.08 bits per heavy atom. The first-order valence-electron chi connectivity index (χ1n) is 8.69. The van der Waals surface area contributed by atoms with Crippen LogP contribution in [-0.4, -0.2) is 27.4 Å². The summed E-state index contributed by atoms with van der Waals surface area (Å²) in [7, 11) is -3.61. The van der Waals surface area contributed by atoms with Gasteiger partial charge in [-0.3, -0.25) is 4.79 Å². The van der Waals surface area contributed by atoms with Crippen LogP contribution in [0.25, 0.3) is 0 Å². The largest absolute Gasteiger partial charge is 0.311 e. The van der Waals surface area contributed by atoms with Gasteiger partial charge < -0.3 is 4.90 Å². The quantitative estimate of drug-likeness (QED) is 0.809. The average molecular weight is 375 g/mol. The summed E-state index contributed by atoms with van der Waals surface area (Å²) in [6, 6.07) is 12.7. The maximum Gasteiger partial charge on any atom is 0.240 e. The van der Waals surface area contributed by atoms with Crippen LogP contribution < -0.4 is 9.62 Å². The van der Waals surface area contributed by atoms with Crippen molar-refractivity contribution in [1.82, 2.24) is 4.72 Å². The third-order valence-electron chi connectivity index (χ3n) is 4.46. The molecule has 2 aromatic carbocycles. The van der Waals surface area contributed by atoms with E-state index in [-0.39, 0.29) is 23.9 Å². The van der Waals surface area contributed by atoms with Gasteiger partial charge in [-0.15, -0.1) is 0 Å². The van der Waals surface area contributed by atoms with Crippen molar-refractivity contribution < 1.29 is 13.2 Å². The first-order chi connectivity index (χ1) is 12.3. The molecule has 0 bridgehead atoms. The number of para-hydroxylation sites is 1. The number of amides is 1. The normalized spacial score (nSPS) is 11.4. The molecule has 1 amide bonds. The van der Waals surface area contributed by atoms with E-state index >= 15 is 0 Å². The Kier molecular flexibility index (Phi) is 6.56. The van der Waals surface area contributed by atoms with Gasteiger partial charge in [0.05, 0.1) is 4.90 Å². The molecule has 6 heteroatoms. The van der Waals surface area contributed by atoms with Crippen LogP contribution in [0.4, 0.5) is 5.69 Å². The van der Waals surface area contributed by atoms with Crippen LogP contribution in [-0.2, 0) is 21.2 Å². The van der Waals surface area contributed by atoms with E-state index in [1.807, 2.05) is 45.0 Å². The summed E-state index contributed by atoms with van der Waals surface area (Å²) in [5.74, 6) is -0.115. The first kappa shape index (κ1) is 20.1. The van der Waals surface area contributed by atoms with Gasteiger partial charge in [-0.1, -0.05) is 31.2 Å².